The summed E-state index contributed by atoms with van der Waals surface area (Å²) in [5, 5.41) is 5.16. The predicted octanol–water partition coefficient (Wildman–Crippen LogP) is 4.28. The first-order valence-electron chi connectivity index (χ1n) is 12.8. The van der Waals surface area contributed by atoms with Gasteiger partial charge in [-0.3, -0.25) is 19.1 Å². The molecule has 2 aromatic heterocycles. The number of nitrogens with two attached hydrogens (primary N) is 1. The number of esters is 1. The molecule has 4 aromatic rings. The first-order chi connectivity index (χ1) is 19.8. The second-order valence-corrected chi connectivity index (χ2v) is 10.5. The molecule has 1 aliphatic rings. The molecule has 0 radical (unpaired) electrons. The molecule has 1 aliphatic heterocycles. The summed E-state index contributed by atoms with van der Waals surface area (Å²) in [4.78, 5) is 35.0. The summed E-state index contributed by atoms with van der Waals surface area (Å²) < 4.78 is 44.5. The average molecular weight is 593 g/mol. The summed E-state index contributed by atoms with van der Waals surface area (Å²) in [5.74, 6) is 0.230. The van der Waals surface area contributed by atoms with E-state index in [1.807, 2.05) is 42.5 Å². The zero-order valence-electron chi connectivity index (χ0n) is 22.5. The largest absolute Gasteiger partial charge is 0.462 e. The van der Waals surface area contributed by atoms with Crippen molar-refractivity contribution in [2.75, 3.05) is 25.8 Å². The average Bonchev–Trinajstić information content (AvgIpc) is 3.57. The minimum absolute atomic E-state index is 0.0145. The van der Waals surface area contributed by atoms with Crippen LogP contribution in [0.25, 0.3) is 21.9 Å². The Kier molecular flexibility index (Phi) is 10.5. The maximum Gasteiger partial charge on any atom is 0.320 e. The highest BCUT2D eigenvalue weighted by Crippen LogP contribution is 2.38. The van der Waals surface area contributed by atoms with Gasteiger partial charge in [0, 0.05) is 0 Å². The van der Waals surface area contributed by atoms with E-state index in [9.17, 15) is 18.4 Å². The molecule has 3 heterocycles. The summed E-state index contributed by atoms with van der Waals surface area (Å²) >= 11 is 0. The molecule has 0 saturated carbocycles. The number of anilines is 1. The number of hydrogen-bond acceptors (Lipinski definition) is 10. The van der Waals surface area contributed by atoms with Crippen molar-refractivity contribution in [1.82, 2.24) is 24.6 Å². The molecule has 220 valence electrons. The molecule has 4 N–H and O–H groups in total. The Balaban J connectivity index is 0.00000124. The van der Waals surface area contributed by atoms with Crippen molar-refractivity contribution >= 4 is 42.4 Å². The third kappa shape index (κ3) is 8.17. The van der Waals surface area contributed by atoms with Gasteiger partial charge in [-0.05, 0) is 49.6 Å². The van der Waals surface area contributed by atoms with Crippen LogP contribution in [0, 0.1) is 0 Å². The Morgan fingerprint density at radius 1 is 1.24 bits per heavy atom. The van der Waals surface area contributed by atoms with Gasteiger partial charge in [-0.25, -0.2) is 18.9 Å². The molecule has 0 spiro atoms. The normalized spacial score (nSPS) is 17.4. The molecule has 0 bridgehead atoms. The Bertz CT molecular complexity index is 1520. The Labute approximate surface area is 235 Å². The second-order valence-electron chi connectivity index (χ2n) is 9.19. The Hall–Kier alpha value is -3.71. The number of alkyl halides is 2. The van der Waals surface area contributed by atoms with Gasteiger partial charge in [-0.1, -0.05) is 30.3 Å². The summed E-state index contributed by atoms with van der Waals surface area (Å²) in [5.41, 5.74) is 5.88. The lowest BCUT2D eigenvalue weighted by Crippen LogP contribution is -2.26. The van der Waals surface area contributed by atoms with Crippen LogP contribution in [0.3, 0.4) is 0 Å². The number of benzene rings is 2. The van der Waals surface area contributed by atoms with Crippen molar-refractivity contribution in [3.05, 3.63) is 59.1 Å². The second kappa shape index (κ2) is 14.3. The van der Waals surface area contributed by atoms with Crippen molar-refractivity contribution in [1.29, 1.82) is 0 Å². The molecule has 5 rings (SSSR count). The van der Waals surface area contributed by atoms with Crippen LogP contribution < -0.4 is 20.9 Å². The minimum Gasteiger partial charge on any atom is -0.462 e. The number of nitrogen functional groups attached to an aromatic ring is 1. The van der Waals surface area contributed by atoms with Gasteiger partial charge in [-0.15, -0.1) is 0 Å². The molecule has 0 amide bonds. The topological polar surface area (TPSA) is 156 Å². The molecular formula is C26H31F2N6O6P. The quantitative estimate of drug-likeness (QED) is 0.179. The SMILES string of the molecule is CC(C)OC(=O)CNP(OCC1CCC(n2cnc3c(=O)[nH]c(N)nc32)O1)Oc1ccc2ccccc2c1.FCF. The van der Waals surface area contributed by atoms with Crippen LogP contribution in [-0.4, -0.2) is 57.8 Å². The smallest absolute Gasteiger partial charge is 0.320 e. The molecule has 12 nitrogen and oxygen atoms in total. The van der Waals surface area contributed by atoms with Gasteiger partial charge in [-0.2, -0.15) is 4.98 Å². The molecule has 3 atom stereocenters. The van der Waals surface area contributed by atoms with E-state index < -0.39 is 27.0 Å². The molecule has 2 aromatic carbocycles. The number of halogens is 2. The molecule has 3 unspecified atom stereocenters. The first-order valence-corrected chi connectivity index (χ1v) is 14.0. The van der Waals surface area contributed by atoms with Crippen molar-refractivity contribution in [2.24, 2.45) is 0 Å². The number of hydrogen-bond donors (Lipinski definition) is 3. The van der Waals surface area contributed by atoms with Crippen LogP contribution in [0.2, 0.25) is 0 Å². The highest BCUT2D eigenvalue weighted by atomic mass is 31.2. The van der Waals surface area contributed by atoms with Gasteiger partial charge in [0.1, 0.15) is 18.5 Å². The number of ether oxygens (including phenoxy) is 2. The van der Waals surface area contributed by atoms with E-state index >= 15 is 0 Å². The molecule has 1 fully saturated rings. The number of carbonyl (C=O) groups excluding carboxylic acids is 1. The molecule has 0 aliphatic carbocycles. The number of imidazole rings is 1. The number of aromatic nitrogens is 4. The maximum atomic E-state index is 12.1. The highest BCUT2D eigenvalue weighted by molar-refractivity contribution is 7.45. The van der Waals surface area contributed by atoms with Gasteiger partial charge in [0.15, 0.2) is 11.2 Å². The Morgan fingerprint density at radius 3 is 2.76 bits per heavy atom. The van der Waals surface area contributed by atoms with E-state index in [1.165, 1.54) is 6.33 Å². The van der Waals surface area contributed by atoms with E-state index in [2.05, 4.69) is 20.0 Å². The highest BCUT2D eigenvalue weighted by Gasteiger charge is 2.30. The summed E-state index contributed by atoms with van der Waals surface area (Å²) in [7, 11) is -1.69. The van der Waals surface area contributed by atoms with Crippen molar-refractivity contribution < 1.29 is 32.1 Å². The molecule has 15 heteroatoms. The van der Waals surface area contributed by atoms with Gasteiger partial charge in [0.05, 0.1) is 25.1 Å². The number of H-pyrrole nitrogens is 1. The van der Waals surface area contributed by atoms with Crippen LogP contribution in [0.15, 0.2) is 53.6 Å². The van der Waals surface area contributed by atoms with Gasteiger partial charge in [0.25, 0.3) is 5.56 Å². The molecular weight excluding hydrogens is 561 g/mol. The third-order valence-corrected chi connectivity index (χ3v) is 7.03. The van der Waals surface area contributed by atoms with E-state index in [0.29, 0.717) is 24.2 Å². The number of aromatic amines is 1. The van der Waals surface area contributed by atoms with E-state index in [-0.39, 0.29) is 43.1 Å². The van der Waals surface area contributed by atoms with Crippen molar-refractivity contribution in [2.45, 2.75) is 45.1 Å². The Morgan fingerprint density at radius 2 is 2.00 bits per heavy atom. The van der Waals surface area contributed by atoms with Crippen LogP contribution in [0.5, 0.6) is 5.75 Å². The van der Waals surface area contributed by atoms with Gasteiger partial charge in [0.2, 0.25) is 12.9 Å². The van der Waals surface area contributed by atoms with E-state index in [4.69, 9.17) is 24.3 Å². The van der Waals surface area contributed by atoms with Crippen LogP contribution in [-0.2, 0) is 18.8 Å². The van der Waals surface area contributed by atoms with Gasteiger partial charge >= 0.3 is 14.5 Å². The number of nitrogens with one attached hydrogen (secondary N) is 2. The fraction of sp³-hybridized carbons (Fsp3) is 0.385. The summed E-state index contributed by atoms with van der Waals surface area (Å²) in [6, 6.07) is 13.7. The third-order valence-electron chi connectivity index (χ3n) is 5.85. The fourth-order valence-electron chi connectivity index (χ4n) is 4.18. The lowest BCUT2D eigenvalue weighted by Gasteiger charge is -2.21. The lowest BCUT2D eigenvalue weighted by atomic mass is 10.1. The summed E-state index contributed by atoms with van der Waals surface area (Å²) in [6.45, 7) is 2.00. The minimum atomic E-state index is -1.75. The fourth-order valence-corrected chi connectivity index (χ4v) is 5.25. The van der Waals surface area contributed by atoms with E-state index in [0.717, 1.165) is 10.8 Å². The number of carbonyl (C=O) groups is 1. The monoisotopic (exact) mass is 592 g/mol. The lowest BCUT2D eigenvalue weighted by molar-refractivity contribution is -0.145. The number of rotatable bonds is 10. The number of nitrogens with zero attached hydrogens (tertiary/aromatic N) is 3. The van der Waals surface area contributed by atoms with Crippen LogP contribution in [0.4, 0.5) is 14.7 Å². The standard InChI is InChI=1S/C25H29N6O6P.CH2F2/c1-15(2)35-21(32)12-28-38(37-18-8-7-16-5-3-4-6-17(16)11-18)34-13-19-9-10-20(36-19)31-14-27-22-23(31)29-25(26)30-24(22)33;2-1-3/h3-8,11,14-15,19-20,28H,9-10,12-13H2,1-2H3,(H3,26,29,30,33);1H2. The predicted molar refractivity (Wildman–Crippen MR) is 149 cm³/mol. The van der Waals surface area contributed by atoms with Crippen LogP contribution >= 0.6 is 8.53 Å². The number of fused-ring (bicyclic) bond motifs is 2. The van der Waals surface area contributed by atoms with Crippen LogP contribution in [0.1, 0.15) is 32.9 Å². The molecule has 1 saturated heterocycles. The van der Waals surface area contributed by atoms with E-state index in [1.54, 1.807) is 18.4 Å². The zero-order valence-corrected chi connectivity index (χ0v) is 23.4. The van der Waals surface area contributed by atoms with Crippen molar-refractivity contribution in [3.8, 4) is 5.75 Å². The zero-order chi connectivity index (χ0) is 29.4. The van der Waals surface area contributed by atoms with Gasteiger partial charge < -0.3 is 24.3 Å². The maximum absolute atomic E-state index is 12.1. The summed E-state index contributed by atoms with van der Waals surface area (Å²) in [6.07, 6.45) is 2.07. The van der Waals surface area contributed by atoms with Crippen molar-refractivity contribution in [3.63, 3.8) is 0 Å². The first kappa shape index (κ1) is 30.3. The molecule has 41 heavy (non-hydrogen) atoms.